The average molecular weight is 342 g/mol. The van der Waals surface area contributed by atoms with E-state index in [4.69, 9.17) is 4.74 Å². The van der Waals surface area contributed by atoms with Gasteiger partial charge in [0, 0.05) is 22.2 Å². The minimum atomic E-state index is -0.617. The quantitative estimate of drug-likeness (QED) is 0.819. The Hall–Kier alpha value is -2.30. The van der Waals surface area contributed by atoms with Crippen LogP contribution in [-0.4, -0.2) is 30.0 Å². The van der Waals surface area contributed by atoms with Crippen molar-refractivity contribution in [2.24, 2.45) is 5.92 Å². The summed E-state index contributed by atoms with van der Waals surface area (Å²) >= 11 is 0. The summed E-state index contributed by atoms with van der Waals surface area (Å²) in [4.78, 5) is 28.1. The molecule has 0 saturated carbocycles. The van der Waals surface area contributed by atoms with Crippen molar-refractivity contribution < 1.29 is 14.3 Å². The number of methoxy groups -OCH3 is 1. The largest absolute Gasteiger partial charge is 0.467 e. The first-order chi connectivity index (χ1) is 12.0. The highest BCUT2D eigenvalue weighted by atomic mass is 16.5. The lowest BCUT2D eigenvalue weighted by molar-refractivity contribution is -0.143. The summed E-state index contributed by atoms with van der Waals surface area (Å²) in [7, 11) is 1.35. The molecule has 1 heterocycles. The van der Waals surface area contributed by atoms with E-state index in [1.807, 2.05) is 32.0 Å². The number of aromatic nitrogens is 1. The third-order valence-electron chi connectivity index (χ3n) is 4.86. The first kappa shape index (κ1) is 17.5. The summed E-state index contributed by atoms with van der Waals surface area (Å²) < 4.78 is 4.82. The minimum absolute atomic E-state index is 0.233. The average Bonchev–Trinajstić information content (AvgIpc) is 2.97. The number of fused-ring (bicyclic) bond motifs is 3. The third-order valence-corrected chi connectivity index (χ3v) is 4.86. The molecule has 0 bridgehead atoms. The number of carbonyl (C=O) groups excluding carboxylic acids is 2. The number of benzene rings is 1. The summed E-state index contributed by atoms with van der Waals surface area (Å²) in [5.74, 6) is -0.352. The van der Waals surface area contributed by atoms with Crippen molar-refractivity contribution in [2.45, 2.75) is 52.0 Å². The monoisotopic (exact) mass is 342 g/mol. The molecule has 1 unspecified atom stereocenters. The van der Waals surface area contributed by atoms with Gasteiger partial charge in [0.2, 0.25) is 0 Å². The molecule has 25 heavy (non-hydrogen) atoms. The lowest BCUT2D eigenvalue weighted by Gasteiger charge is -2.18. The summed E-state index contributed by atoms with van der Waals surface area (Å²) in [6, 6.07) is 5.09. The number of hydrogen-bond donors (Lipinski definition) is 2. The van der Waals surface area contributed by atoms with Crippen molar-refractivity contribution in [2.75, 3.05) is 7.11 Å². The molecule has 5 heteroatoms. The maximum absolute atomic E-state index is 12.7. The Bertz CT molecular complexity index is 792. The Morgan fingerprint density at radius 2 is 2.00 bits per heavy atom. The first-order valence-corrected chi connectivity index (χ1v) is 9.01. The van der Waals surface area contributed by atoms with Gasteiger partial charge in [-0.3, -0.25) is 4.79 Å². The molecule has 0 spiro atoms. The van der Waals surface area contributed by atoms with Gasteiger partial charge in [-0.25, -0.2) is 4.79 Å². The third kappa shape index (κ3) is 3.70. The van der Waals surface area contributed by atoms with Gasteiger partial charge < -0.3 is 15.0 Å². The molecular weight excluding hydrogens is 316 g/mol. The van der Waals surface area contributed by atoms with Crippen LogP contribution in [0.2, 0.25) is 0 Å². The van der Waals surface area contributed by atoms with Crippen LogP contribution in [0.3, 0.4) is 0 Å². The van der Waals surface area contributed by atoms with Crippen molar-refractivity contribution in [1.29, 1.82) is 0 Å². The zero-order valence-electron chi connectivity index (χ0n) is 15.1. The highest BCUT2D eigenvalue weighted by molar-refractivity contribution is 6.00. The fourth-order valence-electron chi connectivity index (χ4n) is 3.62. The standard InChI is InChI=1S/C20H26N2O3/c1-12(2)10-18(20(24)25-3)22-19(23)13-8-9-17-15(11-13)14-6-4-5-7-16(14)21-17/h8-9,11-12,18,21H,4-7,10H2,1-3H3,(H,22,23). The number of esters is 1. The van der Waals surface area contributed by atoms with Gasteiger partial charge >= 0.3 is 5.97 Å². The molecule has 134 valence electrons. The van der Waals surface area contributed by atoms with E-state index in [9.17, 15) is 9.59 Å². The fourth-order valence-corrected chi connectivity index (χ4v) is 3.62. The van der Waals surface area contributed by atoms with Crippen molar-refractivity contribution in [3.8, 4) is 0 Å². The number of nitrogens with one attached hydrogen (secondary N) is 2. The van der Waals surface area contributed by atoms with Crippen molar-refractivity contribution in [3.05, 3.63) is 35.0 Å². The number of rotatable bonds is 5. The molecule has 2 aromatic rings. The van der Waals surface area contributed by atoms with E-state index in [0.29, 0.717) is 12.0 Å². The van der Waals surface area contributed by atoms with Gasteiger partial charge in [0.1, 0.15) is 6.04 Å². The molecule has 0 radical (unpaired) electrons. The van der Waals surface area contributed by atoms with Gasteiger partial charge in [0.05, 0.1) is 7.11 Å². The molecule has 0 aliphatic heterocycles. The second kappa shape index (κ2) is 7.30. The zero-order valence-corrected chi connectivity index (χ0v) is 15.1. The Morgan fingerprint density at radius 3 is 2.72 bits per heavy atom. The highest BCUT2D eigenvalue weighted by Crippen LogP contribution is 2.29. The second-order valence-electron chi connectivity index (χ2n) is 7.23. The molecule has 0 saturated heterocycles. The fraction of sp³-hybridized carbons (Fsp3) is 0.500. The molecule has 1 atom stereocenters. The summed E-state index contributed by atoms with van der Waals surface area (Å²) in [5.41, 5.74) is 4.29. The van der Waals surface area contributed by atoms with Gasteiger partial charge in [-0.15, -0.1) is 0 Å². The first-order valence-electron chi connectivity index (χ1n) is 9.01. The zero-order chi connectivity index (χ0) is 18.0. The Balaban J connectivity index is 1.84. The molecule has 1 aromatic carbocycles. The van der Waals surface area contributed by atoms with Crippen molar-refractivity contribution >= 4 is 22.8 Å². The van der Waals surface area contributed by atoms with Crippen LogP contribution >= 0.6 is 0 Å². The van der Waals surface area contributed by atoms with E-state index in [0.717, 1.165) is 23.7 Å². The molecule has 1 aromatic heterocycles. The van der Waals surface area contributed by atoms with Crippen molar-refractivity contribution in [1.82, 2.24) is 10.3 Å². The minimum Gasteiger partial charge on any atom is -0.467 e. The molecule has 1 aliphatic rings. The summed E-state index contributed by atoms with van der Waals surface area (Å²) in [6.45, 7) is 4.03. The number of carbonyl (C=O) groups is 2. The Morgan fingerprint density at radius 1 is 1.24 bits per heavy atom. The van der Waals surface area contributed by atoms with Crippen LogP contribution < -0.4 is 5.32 Å². The SMILES string of the molecule is COC(=O)C(CC(C)C)NC(=O)c1ccc2[nH]c3c(c2c1)CCCC3. The lowest BCUT2D eigenvalue weighted by atomic mass is 9.95. The van der Waals surface area contributed by atoms with E-state index in [1.165, 1.54) is 31.2 Å². The van der Waals surface area contributed by atoms with Crippen LogP contribution in [-0.2, 0) is 22.4 Å². The summed E-state index contributed by atoms with van der Waals surface area (Å²) in [6.07, 6.45) is 5.08. The van der Waals surface area contributed by atoms with Crippen LogP contribution in [0.15, 0.2) is 18.2 Å². The van der Waals surface area contributed by atoms with Gasteiger partial charge in [0.15, 0.2) is 0 Å². The van der Waals surface area contributed by atoms with Gasteiger partial charge in [0.25, 0.3) is 5.91 Å². The van der Waals surface area contributed by atoms with Gasteiger partial charge in [-0.05, 0) is 61.8 Å². The number of aryl methyl sites for hydroxylation is 2. The van der Waals surface area contributed by atoms with Gasteiger partial charge in [-0.2, -0.15) is 0 Å². The Kier molecular flexibility index (Phi) is 5.11. The molecule has 1 aliphatic carbocycles. The second-order valence-corrected chi connectivity index (χ2v) is 7.23. The maximum atomic E-state index is 12.7. The van der Waals surface area contributed by atoms with E-state index < -0.39 is 12.0 Å². The number of amides is 1. The molecule has 5 nitrogen and oxygen atoms in total. The molecular formula is C20H26N2O3. The van der Waals surface area contributed by atoms with Crippen LogP contribution in [0.5, 0.6) is 0 Å². The van der Waals surface area contributed by atoms with Crippen LogP contribution in [0, 0.1) is 5.92 Å². The summed E-state index contributed by atoms with van der Waals surface area (Å²) in [5, 5.41) is 3.95. The molecule has 3 rings (SSSR count). The molecule has 0 fully saturated rings. The molecule has 2 N–H and O–H groups in total. The van der Waals surface area contributed by atoms with E-state index in [2.05, 4.69) is 10.3 Å². The van der Waals surface area contributed by atoms with Crippen LogP contribution in [0.4, 0.5) is 0 Å². The molecule has 1 amide bonds. The smallest absolute Gasteiger partial charge is 0.328 e. The number of aromatic amines is 1. The lowest BCUT2D eigenvalue weighted by Crippen LogP contribution is -2.42. The number of hydrogen-bond acceptors (Lipinski definition) is 3. The maximum Gasteiger partial charge on any atom is 0.328 e. The van der Waals surface area contributed by atoms with E-state index in [-0.39, 0.29) is 11.8 Å². The highest BCUT2D eigenvalue weighted by Gasteiger charge is 2.24. The normalized spacial score (nSPS) is 15.0. The number of H-pyrrole nitrogens is 1. The van der Waals surface area contributed by atoms with Crippen molar-refractivity contribution in [3.63, 3.8) is 0 Å². The topological polar surface area (TPSA) is 71.2 Å². The predicted octanol–water partition coefficient (Wildman–Crippen LogP) is 3.36. The van der Waals surface area contributed by atoms with E-state index >= 15 is 0 Å². The van der Waals surface area contributed by atoms with Gasteiger partial charge in [-0.1, -0.05) is 13.8 Å². The predicted molar refractivity (Wildman–Crippen MR) is 97.7 cm³/mol. The number of ether oxygens (including phenoxy) is 1. The van der Waals surface area contributed by atoms with Crippen LogP contribution in [0.25, 0.3) is 10.9 Å². The van der Waals surface area contributed by atoms with E-state index in [1.54, 1.807) is 0 Å². The Labute approximate surface area is 148 Å². The van der Waals surface area contributed by atoms with Crippen LogP contribution in [0.1, 0.15) is 54.7 Å².